The van der Waals surface area contributed by atoms with Gasteiger partial charge in [-0.1, -0.05) is 176 Å². The quantitative estimate of drug-likeness (QED) is 0.136. The van der Waals surface area contributed by atoms with Crippen molar-refractivity contribution in [1.82, 2.24) is 9.97 Å². The summed E-state index contributed by atoms with van der Waals surface area (Å²) in [5, 5.41) is 9.92. The molecule has 1 aromatic heterocycles. The number of rotatable bonds is 5. The molecule has 0 aliphatic heterocycles. The summed E-state index contributed by atoms with van der Waals surface area (Å²) in [4.78, 5) is 10.5. The summed E-state index contributed by atoms with van der Waals surface area (Å²) in [5.41, 5.74) is 9.60. The van der Waals surface area contributed by atoms with E-state index in [2.05, 4.69) is 176 Å². The van der Waals surface area contributed by atoms with Gasteiger partial charge in [-0.05, 0) is 83.5 Å². The molecule has 0 atom stereocenters. The summed E-state index contributed by atoms with van der Waals surface area (Å²) < 4.78 is 0. The van der Waals surface area contributed by atoms with Crippen LogP contribution in [0.2, 0.25) is 0 Å². The Morgan fingerprint density at radius 2 is 0.846 bits per heavy atom. The monoisotopic (exact) mass is 660 g/mol. The Labute approximate surface area is 302 Å². The minimum Gasteiger partial charge on any atom is -0.228 e. The molecule has 0 fully saturated rings. The summed E-state index contributed by atoms with van der Waals surface area (Å²) in [6.07, 6.45) is 0. The van der Waals surface area contributed by atoms with E-state index in [0.29, 0.717) is 5.82 Å². The maximum absolute atomic E-state index is 5.25. The molecule has 10 rings (SSSR count). The molecule has 0 N–H and O–H groups in total. The van der Waals surface area contributed by atoms with Crippen molar-refractivity contribution >= 4 is 43.1 Å². The van der Waals surface area contributed by atoms with E-state index in [1.165, 1.54) is 54.2 Å². The Hall–Kier alpha value is -6.90. The molecule has 0 aliphatic rings. The van der Waals surface area contributed by atoms with Crippen molar-refractivity contribution in [3.63, 3.8) is 0 Å². The Bertz CT molecular complexity index is 2960. The number of hydrogen-bond acceptors (Lipinski definition) is 2. The maximum atomic E-state index is 5.25. The Morgan fingerprint density at radius 3 is 1.69 bits per heavy atom. The minimum absolute atomic E-state index is 0.702. The molecule has 242 valence electrons. The summed E-state index contributed by atoms with van der Waals surface area (Å²) >= 11 is 0. The molecule has 0 saturated heterocycles. The number of nitrogens with zero attached hydrogens (tertiary/aromatic N) is 2. The number of fused-ring (bicyclic) bond motifs is 5. The average Bonchev–Trinajstić information content (AvgIpc) is 3.23. The molecule has 2 nitrogen and oxygen atoms in total. The van der Waals surface area contributed by atoms with Gasteiger partial charge < -0.3 is 0 Å². The van der Waals surface area contributed by atoms with Gasteiger partial charge in [0.25, 0.3) is 0 Å². The van der Waals surface area contributed by atoms with Crippen LogP contribution in [0.5, 0.6) is 0 Å². The summed E-state index contributed by atoms with van der Waals surface area (Å²) in [6.45, 7) is 0. The first-order valence-electron chi connectivity index (χ1n) is 17.7. The molecule has 1 heterocycles. The predicted molar refractivity (Wildman–Crippen MR) is 219 cm³/mol. The second-order valence-corrected chi connectivity index (χ2v) is 13.3. The van der Waals surface area contributed by atoms with Crippen molar-refractivity contribution in [2.75, 3.05) is 0 Å². The smallest absolute Gasteiger partial charge is 0.160 e. The van der Waals surface area contributed by atoms with Crippen molar-refractivity contribution < 1.29 is 0 Å². The van der Waals surface area contributed by atoms with Crippen LogP contribution in [0.3, 0.4) is 0 Å². The van der Waals surface area contributed by atoms with Gasteiger partial charge in [-0.25, -0.2) is 9.97 Å². The third-order valence-corrected chi connectivity index (χ3v) is 10.3. The Morgan fingerprint density at radius 1 is 0.269 bits per heavy atom. The molecule has 2 heteroatoms. The fourth-order valence-corrected chi connectivity index (χ4v) is 7.82. The van der Waals surface area contributed by atoms with Gasteiger partial charge in [0.15, 0.2) is 5.82 Å². The minimum atomic E-state index is 0.702. The van der Waals surface area contributed by atoms with Crippen LogP contribution in [0, 0.1) is 0 Å². The standard InChI is InChI=1S/C50H32N2/c1-2-16-35(17-3-1)50-51-47(32-48(52-50)44-26-11-10-25-43(44)42-27-13-19-33-14-4-7-22-39(33)42)37-20-12-21-38(30-37)49-41-24-9-6-18-36(41)31-46-40-23-8-5-15-34(40)28-29-45(46)49/h1-32H. The van der Waals surface area contributed by atoms with Gasteiger partial charge in [-0.2, -0.15) is 0 Å². The normalized spacial score (nSPS) is 11.5. The van der Waals surface area contributed by atoms with E-state index in [4.69, 9.17) is 9.97 Å². The summed E-state index contributed by atoms with van der Waals surface area (Å²) in [5.74, 6) is 0.702. The molecular formula is C50H32N2. The van der Waals surface area contributed by atoms with Gasteiger partial charge in [0.05, 0.1) is 11.4 Å². The second-order valence-electron chi connectivity index (χ2n) is 13.3. The van der Waals surface area contributed by atoms with Gasteiger partial charge in [0.1, 0.15) is 0 Å². The van der Waals surface area contributed by atoms with E-state index in [0.717, 1.165) is 39.2 Å². The van der Waals surface area contributed by atoms with E-state index in [9.17, 15) is 0 Å². The zero-order valence-corrected chi connectivity index (χ0v) is 28.4. The van der Waals surface area contributed by atoms with Crippen molar-refractivity contribution in [2.24, 2.45) is 0 Å². The molecule has 0 amide bonds. The SMILES string of the molecule is c1ccc(-c2nc(-c3cccc(-c4c5ccccc5cc5c4ccc4ccccc45)c3)cc(-c3ccccc3-c3cccc4ccccc34)n2)cc1. The van der Waals surface area contributed by atoms with Crippen molar-refractivity contribution in [1.29, 1.82) is 0 Å². The van der Waals surface area contributed by atoms with Gasteiger partial charge in [-0.3, -0.25) is 0 Å². The van der Waals surface area contributed by atoms with Crippen LogP contribution in [0.1, 0.15) is 0 Å². The summed E-state index contributed by atoms with van der Waals surface area (Å²) in [7, 11) is 0. The first kappa shape index (κ1) is 30.0. The van der Waals surface area contributed by atoms with Gasteiger partial charge in [-0.15, -0.1) is 0 Å². The van der Waals surface area contributed by atoms with E-state index < -0.39 is 0 Å². The predicted octanol–water partition coefficient (Wildman–Crippen LogP) is 13.4. The first-order valence-corrected chi connectivity index (χ1v) is 17.7. The van der Waals surface area contributed by atoms with E-state index in [1.807, 2.05) is 18.2 Å². The van der Waals surface area contributed by atoms with E-state index >= 15 is 0 Å². The van der Waals surface area contributed by atoms with Crippen LogP contribution in [0.15, 0.2) is 194 Å². The maximum Gasteiger partial charge on any atom is 0.160 e. The van der Waals surface area contributed by atoms with Crippen LogP contribution in [-0.4, -0.2) is 9.97 Å². The zero-order chi connectivity index (χ0) is 34.4. The lowest BCUT2D eigenvalue weighted by Gasteiger charge is -2.16. The lowest BCUT2D eigenvalue weighted by Crippen LogP contribution is -1.97. The highest BCUT2D eigenvalue weighted by molar-refractivity contribution is 6.20. The van der Waals surface area contributed by atoms with Crippen LogP contribution in [0.25, 0.3) is 99.2 Å². The highest BCUT2D eigenvalue weighted by atomic mass is 14.9. The summed E-state index contributed by atoms with van der Waals surface area (Å²) in [6, 6.07) is 69.3. The molecule has 0 unspecified atom stereocenters. The number of hydrogen-bond donors (Lipinski definition) is 0. The van der Waals surface area contributed by atoms with Gasteiger partial charge >= 0.3 is 0 Å². The van der Waals surface area contributed by atoms with Gasteiger partial charge in [0, 0.05) is 16.7 Å². The Balaban J connectivity index is 1.20. The molecule has 9 aromatic carbocycles. The van der Waals surface area contributed by atoms with Crippen molar-refractivity contribution in [3.05, 3.63) is 194 Å². The van der Waals surface area contributed by atoms with Crippen LogP contribution >= 0.6 is 0 Å². The largest absolute Gasteiger partial charge is 0.228 e. The molecule has 0 spiro atoms. The van der Waals surface area contributed by atoms with Crippen LogP contribution in [0.4, 0.5) is 0 Å². The lowest BCUT2D eigenvalue weighted by molar-refractivity contribution is 1.18. The molecule has 0 saturated carbocycles. The highest BCUT2D eigenvalue weighted by Gasteiger charge is 2.17. The lowest BCUT2D eigenvalue weighted by atomic mass is 9.89. The molecular weight excluding hydrogens is 629 g/mol. The van der Waals surface area contributed by atoms with E-state index in [1.54, 1.807) is 0 Å². The third-order valence-electron chi connectivity index (χ3n) is 10.3. The van der Waals surface area contributed by atoms with Crippen molar-refractivity contribution in [3.8, 4) is 56.2 Å². The number of aromatic nitrogens is 2. The fraction of sp³-hybridized carbons (Fsp3) is 0. The molecule has 0 bridgehead atoms. The van der Waals surface area contributed by atoms with E-state index in [-0.39, 0.29) is 0 Å². The first-order chi connectivity index (χ1) is 25.8. The van der Waals surface area contributed by atoms with Crippen LogP contribution in [-0.2, 0) is 0 Å². The molecule has 52 heavy (non-hydrogen) atoms. The van der Waals surface area contributed by atoms with Crippen molar-refractivity contribution in [2.45, 2.75) is 0 Å². The van der Waals surface area contributed by atoms with Gasteiger partial charge in [0.2, 0.25) is 0 Å². The zero-order valence-electron chi connectivity index (χ0n) is 28.4. The topological polar surface area (TPSA) is 25.8 Å². The molecule has 0 aliphatic carbocycles. The average molecular weight is 661 g/mol. The molecule has 0 radical (unpaired) electrons. The third kappa shape index (κ3) is 5.12. The fourth-order valence-electron chi connectivity index (χ4n) is 7.82. The second kappa shape index (κ2) is 12.5. The Kier molecular flexibility index (Phi) is 7.18. The molecule has 10 aromatic rings. The highest BCUT2D eigenvalue weighted by Crippen LogP contribution is 2.41. The van der Waals surface area contributed by atoms with Crippen LogP contribution < -0.4 is 0 Å². The number of benzene rings is 9.